The van der Waals surface area contributed by atoms with Crippen molar-refractivity contribution in [1.82, 2.24) is 14.7 Å². The minimum absolute atomic E-state index is 0.133. The van der Waals surface area contributed by atoms with Crippen LogP contribution in [0.3, 0.4) is 0 Å². The number of hydrogen-bond acceptors (Lipinski definition) is 3. The maximum atomic E-state index is 6.71. The number of aromatic nitrogens is 2. The molecule has 21 heavy (non-hydrogen) atoms. The molecule has 0 radical (unpaired) electrons. The van der Waals surface area contributed by atoms with Crippen molar-refractivity contribution in [2.24, 2.45) is 5.73 Å². The van der Waals surface area contributed by atoms with Crippen LogP contribution < -0.4 is 5.73 Å². The Kier molecular flexibility index (Phi) is 5.49. The number of nitrogens with zero attached hydrogens (tertiary/aromatic N) is 3. The van der Waals surface area contributed by atoms with Crippen LogP contribution in [0.5, 0.6) is 0 Å². The van der Waals surface area contributed by atoms with Gasteiger partial charge in [0.2, 0.25) is 0 Å². The van der Waals surface area contributed by atoms with E-state index in [1.807, 2.05) is 6.92 Å². The lowest BCUT2D eigenvalue weighted by Crippen LogP contribution is -2.59. The summed E-state index contributed by atoms with van der Waals surface area (Å²) < 4.78 is 3.22. The molecule has 0 spiro atoms. The number of likely N-dealkylation sites (N-methyl/N-ethyl adjacent to an activating group) is 1. The van der Waals surface area contributed by atoms with Gasteiger partial charge in [-0.2, -0.15) is 5.10 Å². The minimum atomic E-state index is 0.133. The molecule has 0 aromatic carbocycles. The van der Waals surface area contributed by atoms with Gasteiger partial charge < -0.3 is 10.6 Å². The Hall–Kier alpha value is -0.390. The first kappa shape index (κ1) is 17.0. The predicted molar refractivity (Wildman–Crippen MR) is 91.5 cm³/mol. The molecule has 1 aliphatic carbocycles. The Labute approximate surface area is 137 Å². The summed E-state index contributed by atoms with van der Waals surface area (Å²) in [6.07, 6.45) is 7.22. The summed E-state index contributed by atoms with van der Waals surface area (Å²) in [4.78, 5) is 2.37. The number of halogens is 1. The molecule has 1 unspecified atom stereocenters. The van der Waals surface area contributed by atoms with E-state index in [2.05, 4.69) is 51.6 Å². The summed E-state index contributed by atoms with van der Waals surface area (Å²) in [6.45, 7) is 5.08. The van der Waals surface area contributed by atoms with E-state index >= 15 is 0 Å². The van der Waals surface area contributed by atoms with Gasteiger partial charge in [0, 0.05) is 24.5 Å². The van der Waals surface area contributed by atoms with Crippen molar-refractivity contribution in [2.45, 2.75) is 70.5 Å². The Morgan fingerprint density at radius 1 is 1.33 bits per heavy atom. The molecule has 0 amide bonds. The molecule has 5 heteroatoms. The van der Waals surface area contributed by atoms with Crippen molar-refractivity contribution in [2.75, 3.05) is 14.1 Å². The lowest BCUT2D eigenvalue weighted by atomic mass is 9.74. The van der Waals surface area contributed by atoms with Crippen LogP contribution in [0.1, 0.15) is 50.4 Å². The maximum Gasteiger partial charge on any atom is 0.0738 e. The fourth-order valence-electron chi connectivity index (χ4n) is 3.78. The van der Waals surface area contributed by atoms with Crippen LogP contribution >= 0.6 is 15.9 Å². The van der Waals surface area contributed by atoms with Crippen LogP contribution in [0.25, 0.3) is 0 Å². The van der Waals surface area contributed by atoms with Crippen LogP contribution in [0, 0.1) is 6.92 Å². The lowest BCUT2D eigenvalue weighted by Gasteiger charge is -2.47. The topological polar surface area (TPSA) is 47.1 Å². The number of nitrogens with two attached hydrogens (primary N) is 1. The molecule has 2 N–H and O–H groups in total. The van der Waals surface area contributed by atoms with Gasteiger partial charge in [-0.3, -0.25) is 4.68 Å². The monoisotopic (exact) mass is 356 g/mol. The highest BCUT2D eigenvalue weighted by molar-refractivity contribution is 9.10. The third-order valence-corrected chi connectivity index (χ3v) is 6.20. The summed E-state index contributed by atoms with van der Waals surface area (Å²) >= 11 is 3.70. The first-order valence-corrected chi connectivity index (χ1v) is 8.86. The van der Waals surface area contributed by atoms with Gasteiger partial charge in [0.15, 0.2) is 0 Å². The van der Waals surface area contributed by atoms with Crippen LogP contribution in [-0.4, -0.2) is 40.4 Å². The van der Waals surface area contributed by atoms with E-state index in [4.69, 9.17) is 5.73 Å². The van der Waals surface area contributed by atoms with Gasteiger partial charge in [-0.15, -0.1) is 0 Å². The Bertz CT molecular complexity index is 475. The van der Waals surface area contributed by atoms with Gasteiger partial charge in [-0.1, -0.05) is 19.3 Å². The van der Waals surface area contributed by atoms with Crippen molar-refractivity contribution in [3.63, 3.8) is 0 Å². The molecular formula is C16H29BrN4. The SMILES string of the molecule is CCn1nc(C)c(Br)c1CC(N)C1(N(C)C)CCCCC1. The van der Waals surface area contributed by atoms with Crippen molar-refractivity contribution >= 4 is 15.9 Å². The largest absolute Gasteiger partial charge is 0.326 e. The average Bonchev–Trinajstić information content (AvgIpc) is 2.75. The first-order valence-electron chi connectivity index (χ1n) is 8.07. The predicted octanol–water partition coefficient (Wildman–Crippen LogP) is 3.11. The van der Waals surface area contributed by atoms with E-state index in [1.54, 1.807) is 0 Å². The van der Waals surface area contributed by atoms with Gasteiger partial charge in [0.05, 0.1) is 15.9 Å². The molecule has 1 fully saturated rings. The maximum absolute atomic E-state index is 6.71. The fourth-order valence-corrected chi connectivity index (χ4v) is 4.22. The molecule has 0 saturated heterocycles. The molecule has 1 atom stereocenters. The van der Waals surface area contributed by atoms with Crippen molar-refractivity contribution in [3.8, 4) is 0 Å². The van der Waals surface area contributed by atoms with Crippen LogP contribution in [0.2, 0.25) is 0 Å². The second-order valence-corrected chi connectivity index (χ2v) is 7.32. The van der Waals surface area contributed by atoms with Gasteiger partial charge in [0.1, 0.15) is 0 Å². The summed E-state index contributed by atoms with van der Waals surface area (Å²) in [5.74, 6) is 0. The van der Waals surface area contributed by atoms with Crippen molar-refractivity contribution in [1.29, 1.82) is 0 Å². The Morgan fingerprint density at radius 2 is 1.95 bits per heavy atom. The van der Waals surface area contributed by atoms with Crippen LogP contribution in [-0.2, 0) is 13.0 Å². The third-order valence-electron chi connectivity index (χ3n) is 5.17. The summed E-state index contributed by atoms with van der Waals surface area (Å²) in [7, 11) is 4.37. The van der Waals surface area contributed by atoms with Crippen molar-refractivity contribution in [3.05, 3.63) is 15.9 Å². The van der Waals surface area contributed by atoms with E-state index < -0.39 is 0 Å². The molecule has 120 valence electrons. The third kappa shape index (κ3) is 3.20. The molecule has 2 rings (SSSR count). The standard InChI is InChI=1S/C16H29BrN4/c1-5-21-13(15(17)12(2)19-21)11-14(18)16(20(3)4)9-7-6-8-10-16/h14H,5-11,18H2,1-4H3. The number of rotatable bonds is 5. The summed E-state index contributed by atoms with van der Waals surface area (Å²) in [6, 6.07) is 0.144. The number of hydrogen-bond donors (Lipinski definition) is 1. The molecule has 1 aromatic heterocycles. The Balaban J connectivity index is 2.25. The molecule has 1 saturated carbocycles. The van der Waals surface area contributed by atoms with Gasteiger partial charge in [0.25, 0.3) is 0 Å². The van der Waals surface area contributed by atoms with Gasteiger partial charge >= 0.3 is 0 Å². The normalized spacial score (nSPS) is 20.0. The molecule has 0 bridgehead atoms. The second-order valence-electron chi connectivity index (χ2n) is 6.53. The highest BCUT2D eigenvalue weighted by Gasteiger charge is 2.40. The molecule has 4 nitrogen and oxygen atoms in total. The zero-order chi connectivity index (χ0) is 15.6. The Morgan fingerprint density at radius 3 is 2.48 bits per heavy atom. The van der Waals surface area contributed by atoms with Gasteiger partial charge in [-0.25, -0.2) is 0 Å². The summed E-state index contributed by atoms with van der Waals surface area (Å²) in [5, 5.41) is 4.60. The highest BCUT2D eigenvalue weighted by atomic mass is 79.9. The molecule has 1 aromatic rings. The molecule has 0 aliphatic heterocycles. The van der Waals surface area contributed by atoms with E-state index in [-0.39, 0.29) is 11.6 Å². The fraction of sp³-hybridized carbons (Fsp3) is 0.812. The second kappa shape index (κ2) is 6.80. The lowest BCUT2D eigenvalue weighted by molar-refractivity contribution is 0.0708. The van der Waals surface area contributed by atoms with E-state index in [0.29, 0.717) is 0 Å². The van der Waals surface area contributed by atoms with Crippen LogP contribution in [0.4, 0.5) is 0 Å². The van der Waals surface area contributed by atoms with E-state index in [9.17, 15) is 0 Å². The zero-order valence-corrected chi connectivity index (χ0v) is 15.4. The molecule has 1 aliphatic rings. The summed E-state index contributed by atoms with van der Waals surface area (Å²) in [5.41, 5.74) is 9.15. The molecule has 1 heterocycles. The smallest absolute Gasteiger partial charge is 0.0738 e. The number of aryl methyl sites for hydroxylation is 2. The average molecular weight is 357 g/mol. The molecular weight excluding hydrogens is 328 g/mol. The van der Waals surface area contributed by atoms with E-state index in [1.165, 1.54) is 37.8 Å². The first-order chi connectivity index (χ1) is 9.92. The highest BCUT2D eigenvalue weighted by Crippen LogP contribution is 2.36. The van der Waals surface area contributed by atoms with Gasteiger partial charge in [-0.05, 0) is 56.7 Å². The quantitative estimate of drug-likeness (QED) is 0.881. The van der Waals surface area contributed by atoms with Crippen LogP contribution in [0.15, 0.2) is 4.47 Å². The minimum Gasteiger partial charge on any atom is -0.326 e. The van der Waals surface area contributed by atoms with E-state index in [0.717, 1.165) is 23.1 Å². The zero-order valence-electron chi connectivity index (χ0n) is 13.8. The van der Waals surface area contributed by atoms with Crippen molar-refractivity contribution < 1.29 is 0 Å².